The number of aromatic nitrogens is 2. The lowest BCUT2D eigenvalue weighted by atomic mass is 10.3. The number of hydrogen-bond acceptors (Lipinski definition) is 5. The Bertz CT molecular complexity index is 1170. The largest absolute Gasteiger partial charge is 0.492 e. The van der Waals surface area contributed by atoms with Gasteiger partial charge >= 0.3 is 0 Å². The van der Waals surface area contributed by atoms with Crippen LogP contribution in [0.1, 0.15) is 36.8 Å². The number of rotatable bonds is 8. The first-order valence-corrected chi connectivity index (χ1v) is 11.3. The summed E-state index contributed by atoms with van der Waals surface area (Å²) in [6, 6.07) is 8.40. The minimum absolute atomic E-state index is 0.0245. The van der Waals surface area contributed by atoms with Crippen molar-refractivity contribution in [2.24, 2.45) is 0 Å². The van der Waals surface area contributed by atoms with Crippen LogP contribution in [0.25, 0.3) is 5.65 Å². The molecule has 0 atom stereocenters. The van der Waals surface area contributed by atoms with Crippen LogP contribution in [0, 0.1) is 6.92 Å². The van der Waals surface area contributed by atoms with Crippen LogP contribution in [0.5, 0.6) is 5.75 Å². The summed E-state index contributed by atoms with van der Waals surface area (Å²) in [7, 11) is -3.76. The van der Waals surface area contributed by atoms with E-state index in [1.54, 1.807) is 43.5 Å². The molecule has 8 nitrogen and oxygen atoms in total. The molecule has 2 heterocycles. The molecule has 0 saturated carbocycles. The van der Waals surface area contributed by atoms with E-state index in [-0.39, 0.29) is 16.3 Å². The topological polar surface area (TPSA) is 93.0 Å². The third kappa shape index (κ3) is 4.31. The number of amides is 1. The highest BCUT2D eigenvalue weighted by molar-refractivity contribution is 7.89. The number of hydrogen-bond donors (Lipinski definition) is 1. The first kappa shape index (κ1) is 21.8. The molecular weight excluding hydrogens is 404 g/mol. The summed E-state index contributed by atoms with van der Waals surface area (Å²) in [6.07, 6.45) is 3.46. The number of imidazole rings is 1. The Morgan fingerprint density at radius 2 is 1.90 bits per heavy atom. The van der Waals surface area contributed by atoms with Crippen LogP contribution in [0.2, 0.25) is 0 Å². The number of nitrogens with one attached hydrogen (secondary N) is 1. The number of pyridine rings is 1. The monoisotopic (exact) mass is 430 g/mol. The fourth-order valence-electron chi connectivity index (χ4n) is 3.15. The molecular formula is C21H26N4O4S. The van der Waals surface area contributed by atoms with Crippen molar-refractivity contribution in [2.45, 2.75) is 32.6 Å². The van der Waals surface area contributed by atoms with E-state index in [0.29, 0.717) is 31.0 Å². The van der Waals surface area contributed by atoms with Gasteiger partial charge in [0.05, 0.1) is 6.61 Å². The van der Waals surface area contributed by atoms with Gasteiger partial charge in [-0.2, -0.15) is 4.31 Å². The molecule has 1 aromatic carbocycles. The molecule has 0 aliphatic heterocycles. The number of sulfonamides is 1. The lowest BCUT2D eigenvalue weighted by Crippen LogP contribution is -2.31. The first-order valence-electron chi connectivity index (χ1n) is 9.83. The van der Waals surface area contributed by atoms with Crippen molar-refractivity contribution in [3.05, 3.63) is 54.0 Å². The van der Waals surface area contributed by atoms with Crippen molar-refractivity contribution >= 4 is 27.3 Å². The summed E-state index contributed by atoms with van der Waals surface area (Å²) in [5.74, 6) is -0.169. The van der Waals surface area contributed by atoms with Gasteiger partial charge in [0.25, 0.3) is 5.91 Å². The van der Waals surface area contributed by atoms with E-state index in [2.05, 4.69) is 10.3 Å². The lowest BCUT2D eigenvalue weighted by Gasteiger charge is -2.21. The molecule has 0 aliphatic rings. The Hall–Kier alpha value is -2.91. The molecule has 3 rings (SSSR count). The van der Waals surface area contributed by atoms with Crippen LogP contribution in [-0.2, 0) is 10.0 Å². The zero-order valence-electron chi connectivity index (χ0n) is 17.5. The van der Waals surface area contributed by atoms with Crippen LogP contribution >= 0.6 is 0 Å². The smallest absolute Gasteiger partial charge is 0.275 e. The predicted molar refractivity (Wildman–Crippen MR) is 116 cm³/mol. The minimum atomic E-state index is -3.76. The molecule has 3 aromatic rings. The van der Waals surface area contributed by atoms with Crippen molar-refractivity contribution in [3.63, 3.8) is 0 Å². The van der Waals surface area contributed by atoms with E-state index in [0.717, 1.165) is 5.56 Å². The number of benzene rings is 1. The molecule has 0 spiro atoms. The minimum Gasteiger partial charge on any atom is -0.492 e. The van der Waals surface area contributed by atoms with Crippen molar-refractivity contribution in [3.8, 4) is 5.75 Å². The summed E-state index contributed by atoms with van der Waals surface area (Å²) < 4.78 is 34.8. The third-order valence-corrected chi connectivity index (χ3v) is 6.74. The summed E-state index contributed by atoms with van der Waals surface area (Å²) in [5, 5.41) is 2.74. The first-order chi connectivity index (χ1) is 14.3. The summed E-state index contributed by atoms with van der Waals surface area (Å²) in [6.45, 7) is 8.29. The third-order valence-electron chi connectivity index (χ3n) is 4.67. The Morgan fingerprint density at radius 3 is 2.57 bits per heavy atom. The molecule has 9 heteroatoms. The predicted octanol–water partition coefficient (Wildman–Crippen LogP) is 3.32. The van der Waals surface area contributed by atoms with E-state index >= 15 is 0 Å². The average Bonchev–Trinajstić information content (AvgIpc) is 3.13. The second kappa shape index (κ2) is 8.85. The van der Waals surface area contributed by atoms with E-state index < -0.39 is 15.9 Å². The summed E-state index contributed by atoms with van der Waals surface area (Å²) in [4.78, 5) is 17.1. The number of carbonyl (C=O) groups excluding carboxylic acids is 1. The zero-order chi connectivity index (χ0) is 21.9. The number of carbonyl (C=O) groups is 1. The van der Waals surface area contributed by atoms with E-state index in [1.807, 2.05) is 25.3 Å². The highest BCUT2D eigenvalue weighted by atomic mass is 32.2. The van der Waals surface area contributed by atoms with Gasteiger partial charge in [-0.15, -0.1) is 0 Å². The lowest BCUT2D eigenvalue weighted by molar-refractivity contribution is 0.102. The van der Waals surface area contributed by atoms with Gasteiger partial charge in [-0.3, -0.25) is 4.79 Å². The standard InChI is InChI=1S/C21H26N4O4S/c1-5-25(6-2)30(27,28)19-13-16(8-9-18(19)29-7-3)22-21(26)17-14-24-11-10-15(4)12-20(24)23-17/h8-14H,5-7H2,1-4H3,(H,22,26). The molecule has 0 bridgehead atoms. The van der Waals surface area contributed by atoms with Crippen LogP contribution in [0.15, 0.2) is 47.6 Å². The number of fused-ring (bicyclic) bond motifs is 1. The molecule has 0 radical (unpaired) electrons. The average molecular weight is 431 g/mol. The molecule has 160 valence electrons. The Balaban J connectivity index is 1.94. The van der Waals surface area contributed by atoms with Gasteiger partial charge < -0.3 is 14.5 Å². The van der Waals surface area contributed by atoms with Gasteiger partial charge in [0.1, 0.15) is 22.0 Å². The summed E-state index contributed by atoms with van der Waals surface area (Å²) in [5.41, 5.74) is 2.29. The number of nitrogens with zero attached hydrogens (tertiary/aromatic N) is 3. The van der Waals surface area contributed by atoms with Crippen LogP contribution in [-0.4, -0.2) is 47.7 Å². The Morgan fingerprint density at radius 1 is 1.17 bits per heavy atom. The highest BCUT2D eigenvalue weighted by Crippen LogP contribution is 2.30. The second-order valence-corrected chi connectivity index (χ2v) is 8.64. The number of ether oxygens (including phenoxy) is 1. The van der Waals surface area contributed by atoms with E-state index in [9.17, 15) is 13.2 Å². The molecule has 30 heavy (non-hydrogen) atoms. The highest BCUT2D eigenvalue weighted by Gasteiger charge is 2.26. The van der Waals surface area contributed by atoms with Crippen molar-refractivity contribution in [1.82, 2.24) is 13.7 Å². The van der Waals surface area contributed by atoms with Gasteiger partial charge in [-0.05, 0) is 49.7 Å². The molecule has 0 unspecified atom stereocenters. The fraction of sp³-hybridized carbons (Fsp3) is 0.333. The number of anilines is 1. The molecule has 0 fully saturated rings. The molecule has 1 N–H and O–H groups in total. The van der Waals surface area contributed by atoms with Crippen LogP contribution in [0.3, 0.4) is 0 Å². The van der Waals surface area contributed by atoms with Crippen LogP contribution in [0.4, 0.5) is 5.69 Å². The van der Waals surface area contributed by atoms with Crippen LogP contribution < -0.4 is 10.1 Å². The van der Waals surface area contributed by atoms with Crippen molar-refractivity contribution in [1.29, 1.82) is 0 Å². The van der Waals surface area contributed by atoms with Gasteiger partial charge in [0.2, 0.25) is 10.0 Å². The Labute approximate surface area is 176 Å². The van der Waals surface area contributed by atoms with Gasteiger partial charge in [-0.1, -0.05) is 13.8 Å². The van der Waals surface area contributed by atoms with Crippen molar-refractivity contribution in [2.75, 3.05) is 25.0 Å². The van der Waals surface area contributed by atoms with Gasteiger partial charge in [-0.25, -0.2) is 13.4 Å². The molecule has 2 aromatic heterocycles. The van der Waals surface area contributed by atoms with Gasteiger partial charge in [0.15, 0.2) is 0 Å². The second-order valence-electron chi connectivity index (χ2n) is 6.73. The number of aryl methyl sites for hydroxylation is 1. The van der Waals surface area contributed by atoms with E-state index in [1.165, 1.54) is 10.4 Å². The Kier molecular flexibility index (Phi) is 6.42. The van der Waals surface area contributed by atoms with E-state index in [4.69, 9.17) is 4.74 Å². The fourth-order valence-corrected chi connectivity index (χ4v) is 4.77. The molecule has 0 saturated heterocycles. The quantitative estimate of drug-likeness (QED) is 0.592. The van der Waals surface area contributed by atoms with Gasteiger partial charge in [0, 0.05) is 31.2 Å². The maximum atomic E-state index is 13.1. The SMILES string of the molecule is CCOc1ccc(NC(=O)c2cn3ccc(C)cc3n2)cc1S(=O)(=O)N(CC)CC. The van der Waals surface area contributed by atoms with Crippen molar-refractivity contribution < 1.29 is 17.9 Å². The molecule has 0 aliphatic carbocycles. The zero-order valence-corrected chi connectivity index (χ0v) is 18.4. The summed E-state index contributed by atoms with van der Waals surface area (Å²) >= 11 is 0. The maximum Gasteiger partial charge on any atom is 0.275 e. The maximum absolute atomic E-state index is 13.1. The normalized spacial score (nSPS) is 11.8. The molecule has 1 amide bonds.